The highest BCUT2D eigenvalue weighted by atomic mass is 32.1. The van der Waals surface area contributed by atoms with E-state index in [1.54, 1.807) is 0 Å². The van der Waals surface area contributed by atoms with Gasteiger partial charge in [-0.3, -0.25) is 0 Å². The molecule has 4 heteroatoms. The van der Waals surface area contributed by atoms with Crippen LogP contribution in [0.15, 0.2) is 194 Å². The van der Waals surface area contributed by atoms with Gasteiger partial charge in [0.15, 0.2) is 0 Å². The molecule has 262 valence electrons. The highest BCUT2D eigenvalue weighted by Crippen LogP contribution is 2.57. The van der Waals surface area contributed by atoms with Crippen molar-refractivity contribution < 1.29 is 0 Å². The van der Waals surface area contributed by atoms with Crippen LogP contribution >= 0.6 is 22.7 Å². The van der Waals surface area contributed by atoms with Gasteiger partial charge in [0, 0.05) is 73.6 Å². The molecule has 0 aliphatic carbocycles. The van der Waals surface area contributed by atoms with Crippen molar-refractivity contribution in [2.24, 2.45) is 0 Å². The maximum Gasteiger partial charge on any atom is 0.0555 e. The summed E-state index contributed by atoms with van der Waals surface area (Å²) in [6, 6.07) is 71.2. The van der Waals surface area contributed by atoms with Crippen LogP contribution in [0.3, 0.4) is 0 Å². The van der Waals surface area contributed by atoms with Gasteiger partial charge in [0.25, 0.3) is 0 Å². The lowest BCUT2D eigenvalue weighted by Gasteiger charge is -2.31. The van der Waals surface area contributed by atoms with Gasteiger partial charge in [-0.2, -0.15) is 0 Å². The summed E-state index contributed by atoms with van der Waals surface area (Å²) in [6.45, 7) is 0. The zero-order chi connectivity index (χ0) is 36.7. The molecule has 10 aromatic rings. The summed E-state index contributed by atoms with van der Waals surface area (Å²) in [4.78, 5) is 4.95. The first-order valence-electron chi connectivity index (χ1n) is 19.0. The minimum atomic E-state index is 1.14. The zero-order valence-electron chi connectivity index (χ0n) is 30.2. The molecule has 12 rings (SSSR count). The van der Waals surface area contributed by atoms with Crippen LogP contribution in [0.5, 0.6) is 0 Å². The van der Waals surface area contributed by atoms with Gasteiger partial charge < -0.3 is 9.80 Å². The number of anilines is 6. The minimum absolute atomic E-state index is 1.14. The van der Waals surface area contributed by atoms with E-state index in [1.807, 2.05) is 22.7 Å². The summed E-state index contributed by atoms with van der Waals surface area (Å²) in [5.74, 6) is 0. The van der Waals surface area contributed by atoms with Crippen LogP contribution in [-0.4, -0.2) is 0 Å². The maximum atomic E-state index is 2.48. The van der Waals surface area contributed by atoms with E-state index in [0.29, 0.717) is 0 Å². The molecule has 0 saturated heterocycles. The number of hydrogen-bond acceptors (Lipinski definition) is 4. The molecule has 56 heavy (non-hydrogen) atoms. The summed E-state index contributed by atoms with van der Waals surface area (Å²) >= 11 is 3.82. The number of benzene rings is 10. The largest absolute Gasteiger partial charge is 0.309 e. The van der Waals surface area contributed by atoms with Crippen molar-refractivity contribution >= 4 is 119 Å². The van der Waals surface area contributed by atoms with Crippen LogP contribution in [0, 0.1) is 0 Å². The van der Waals surface area contributed by atoms with E-state index in [2.05, 4.69) is 204 Å². The Bertz CT molecular complexity index is 3140. The van der Waals surface area contributed by atoms with Crippen LogP contribution in [0.1, 0.15) is 0 Å². The topological polar surface area (TPSA) is 6.48 Å². The van der Waals surface area contributed by atoms with Crippen molar-refractivity contribution in [3.8, 4) is 11.1 Å². The summed E-state index contributed by atoms with van der Waals surface area (Å²) in [5, 5.41) is 10.1. The third kappa shape index (κ3) is 4.67. The molecule has 2 nitrogen and oxygen atoms in total. The lowest BCUT2D eigenvalue weighted by Crippen LogP contribution is -2.12. The summed E-state index contributed by atoms with van der Waals surface area (Å²) in [5.41, 5.74) is 9.73. The van der Waals surface area contributed by atoms with Crippen molar-refractivity contribution in [2.75, 3.05) is 9.80 Å². The molecule has 0 amide bonds. The number of nitrogens with zero attached hydrogens (tertiary/aromatic N) is 2. The van der Waals surface area contributed by atoms with E-state index >= 15 is 0 Å². The Hall–Kier alpha value is -6.72. The fourth-order valence-corrected chi connectivity index (χ4v) is 11.4. The molecule has 2 heterocycles. The third-order valence-electron chi connectivity index (χ3n) is 11.3. The molecule has 0 unspecified atom stereocenters. The van der Waals surface area contributed by atoms with Gasteiger partial charge in [-0.15, -0.1) is 22.7 Å². The van der Waals surface area contributed by atoms with E-state index in [9.17, 15) is 0 Å². The molecule has 0 saturated carbocycles. The van der Waals surface area contributed by atoms with Crippen molar-refractivity contribution in [1.82, 2.24) is 0 Å². The number of para-hydroxylation sites is 2. The first-order chi connectivity index (χ1) is 27.8. The summed E-state index contributed by atoms with van der Waals surface area (Å²) < 4.78 is 5.18. The fourth-order valence-electron chi connectivity index (χ4n) is 9.01. The Morgan fingerprint density at radius 1 is 0.286 bits per heavy atom. The molecule has 0 bridgehead atoms. The van der Waals surface area contributed by atoms with Crippen LogP contribution in [0.2, 0.25) is 0 Å². The first-order valence-corrected chi connectivity index (χ1v) is 20.6. The van der Waals surface area contributed by atoms with Crippen LogP contribution in [0.25, 0.3) is 73.0 Å². The summed E-state index contributed by atoms with van der Waals surface area (Å²) in [6.07, 6.45) is 0. The SMILES string of the molecule is c1ccc(N(c2cccc3ccccc23)c2cc3sc4cccc5c(N(c6ccccc6)c6cccc7ccccc67)cc6sc7cccc2c7c3-c6c45)cc1. The predicted molar refractivity (Wildman–Crippen MR) is 244 cm³/mol. The Morgan fingerprint density at radius 2 is 0.661 bits per heavy atom. The van der Waals surface area contributed by atoms with E-state index in [1.165, 1.54) is 95.8 Å². The average molecular weight is 749 g/mol. The molecule has 0 spiro atoms. The Labute approximate surface area is 332 Å². The number of hydrogen-bond donors (Lipinski definition) is 0. The fraction of sp³-hybridized carbons (Fsp3) is 0. The second kappa shape index (κ2) is 12.4. The summed E-state index contributed by atoms with van der Waals surface area (Å²) in [7, 11) is 0. The van der Waals surface area contributed by atoms with Gasteiger partial charge in [0.2, 0.25) is 0 Å². The lowest BCUT2D eigenvalue weighted by molar-refractivity contribution is 1.32. The van der Waals surface area contributed by atoms with Gasteiger partial charge >= 0.3 is 0 Å². The Morgan fingerprint density at radius 3 is 1.12 bits per heavy atom. The van der Waals surface area contributed by atoms with Crippen LogP contribution in [-0.2, 0) is 0 Å². The Kier molecular flexibility index (Phi) is 7.00. The van der Waals surface area contributed by atoms with Crippen molar-refractivity contribution in [1.29, 1.82) is 0 Å². The average Bonchev–Trinajstić information content (AvgIpc) is 3.26. The van der Waals surface area contributed by atoms with E-state index in [-0.39, 0.29) is 0 Å². The predicted octanol–water partition coefficient (Wildman–Crippen LogP) is 16.2. The highest BCUT2D eigenvalue weighted by molar-refractivity contribution is 7.27. The molecule has 2 aliphatic heterocycles. The van der Waals surface area contributed by atoms with Crippen LogP contribution < -0.4 is 9.80 Å². The monoisotopic (exact) mass is 748 g/mol. The number of rotatable bonds is 6. The number of fused-ring (bicyclic) bond motifs is 2. The standard InChI is InChI=1S/C52H32N2S2/c1-3-19-35(20-4-1)53(41-27-11-17-33-15-7-9-23-37(33)41)43-31-47-51-49-39(43)25-13-29-45(49)56-48-32-44(40-26-14-30-46(55-47)50(40)52(48)51)54(36-21-5-2-6-22-36)42-28-12-18-34-16-8-10-24-38(34)42/h1-32H. The highest BCUT2D eigenvalue weighted by Gasteiger charge is 2.29. The Balaban J connectivity index is 1.18. The van der Waals surface area contributed by atoms with E-state index < -0.39 is 0 Å². The molecule has 0 radical (unpaired) electrons. The normalized spacial score (nSPS) is 11.9. The quantitative estimate of drug-likeness (QED) is 0.123. The van der Waals surface area contributed by atoms with Gasteiger partial charge in [-0.05, 0) is 71.4 Å². The van der Waals surface area contributed by atoms with Crippen molar-refractivity contribution in [3.05, 3.63) is 194 Å². The van der Waals surface area contributed by atoms with Gasteiger partial charge in [0.05, 0.1) is 22.7 Å². The van der Waals surface area contributed by atoms with Crippen molar-refractivity contribution in [3.63, 3.8) is 0 Å². The molecule has 0 fully saturated rings. The van der Waals surface area contributed by atoms with Crippen LogP contribution in [0.4, 0.5) is 34.1 Å². The molecule has 10 aromatic carbocycles. The van der Waals surface area contributed by atoms with Gasteiger partial charge in [-0.1, -0.05) is 133 Å². The minimum Gasteiger partial charge on any atom is -0.309 e. The molecular formula is C52H32N2S2. The molecule has 0 atom stereocenters. The molecule has 0 aromatic heterocycles. The first kappa shape index (κ1) is 31.6. The third-order valence-corrected chi connectivity index (χ3v) is 13.6. The molecule has 2 aliphatic rings. The maximum absolute atomic E-state index is 2.48. The molecular weight excluding hydrogens is 717 g/mol. The van der Waals surface area contributed by atoms with E-state index in [4.69, 9.17) is 0 Å². The lowest BCUT2D eigenvalue weighted by atomic mass is 9.91. The second-order valence-electron chi connectivity index (χ2n) is 14.4. The van der Waals surface area contributed by atoms with Crippen molar-refractivity contribution in [2.45, 2.75) is 0 Å². The van der Waals surface area contributed by atoms with E-state index in [0.717, 1.165) is 11.4 Å². The zero-order valence-corrected chi connectivity index (χ0v) is 31.8. The smallest absolute Gasteiger partial charge is 0.0555 e. The second-order valence-corrected chi connectivity index (χ2v) is 16.6. The van der Waals surface area contributed by atoms with Gasteiger partial charge in [0.1, 0.15) is 0 Å². The molecule has 0 N–H and O–H groups in total. The van der Waals surface area contributed by atoms with Gasteiger partial charge in [-0.25, -0.2) is 0 Å².